The van der Waals surface area contributed by atoms with Crippen LogP contribution in [0.5, 0.6) is 0 Å². The van der Waals surface area contributed by atoms with Crippen molar-refractivity contribution >= 4 is 0 Å². The van der Waals surface area contributed by atoms with Crippen LogP contribution in [0.1, 0.15) is 45.4 Å². The minimum absolute atomic E-state index is 0.201. The Morgan fingerprint density at radius 2 is 2.06 bits per heavy atom. The van der Waals surface area contributed by atoms with Crippen LogP contribution in [0.4, 0.5) is 0 Å². The molecule has 1 N–H and O–H groups in total. The summed E-state index contributed by atoms with van der Waals surface area (Å²) in [4.78, 5) is 0. The number of unbranched alkanes of at least 4 members (excludes halogenated alkanes) is 3. The van der Waals surface area contributed by atoms with Crippen LogP contribution in [-0.4, -0.2) is 31.2 Å². The van der Waals surface area contributed by atoms with Gasteiger partial charge in [0.05, 0.1) is 12.2 Å². The molecule has 2 atom stereocenters. The molecule has 0 amide bonds. The first kappa shape index (κ1) is 15.4. The number of aliphatic hydroxyl groups is 1. The van der Waals surface area contributed by atoms with Gasteiger partial charge in [0.1, 0.15) is 6.79 Å². The Morgan fingerprint density at radius 3 is 2.62 bits per heavy atom. The summed E-state index contributed by atoms with van der Waals surface area (Å²) in [7, 11) is 1.57. The highest BCUT2D eigenvalue weighted by molar-refractivity contribution is 4.89. The standard InChI is InChI=1S/C13H24O3/c1-4-6-7-8-10-13(16-11-15-3)12(14)9-5-2/h2,12-14H,4,6-11H2,1,3H3/t12-,13-/m0/s1. The third-order valence-electron chi connectivity index (χ3n) is 2.50. The summed E-state index contributed by atoms with van der Waals surface area (Å²) in [6.07, 6.45) is 10.2. The van der Waals surface area contributed by atoms with Gasteiger partial charge in [-0.2, -0.15) is 0 Å². The molecule has 0 bridgehead atoms. The van der Waals surface area contributed by atoms with Crippen LogP contribution in [0.3, 0.4) is 0 Å². The van der Waals surface area contributed by atoms with Gasteiger partial charge in [-0.3, -0.25) is 0 Å². The fourth-order valence-corrected chi connectivity index (χ4v) is 1.57. The Hall–Kier alpha value is -0.560. The SMILES string of the molecule is C#CC[C@H](O)[C@H](CCCCCC)OCOC. The third-order valence-corrected chi connectivity index (χ3v) is 2.50. The molecule has 3 nitrogen and oxygen atoms in total. The molecule has 0 saturated carbocycles. The van der Waals surface area contributed by atoms with E-state index >= 15 is 0 Å². The number of rotatable bonds is 10. The molecule has 0 aliphatic rings. The van der Waals surface area contributed by atoms with Gasteiger partial charge in [-0.1, -0.05) is 32.6 Å². The van der Waals surface area contributed by atoms with E-state index in [-0.39, 0.29) is 12.9 Å². The second-order valence-corrected chi connectivity index (χ2v) is 3.94. The summed E-state index contributed by atoms with van der Waals surface area (Å²) in [5, 5.41) is 9.77. The quantitative estimate of drug-likeness (QED) is 0.354. The molecule has 94 valence electrons. The van der Waals surface area contributed by atoms with Gasteiger partial charge in [0, 0.05) is 13.5 Å². The normalized spacial score (nSPS) is 14.4. The Morgan fingerprint density at radius 1 is 1.31 bits per heavy atom. The Kier molecular flexibility index (Phi) is 10.6. The van der Waals surface area contributed by atoms with Crippen molar-refractivity contribution < 1.29 is 14.6 Å². The molecule has 0 unspecified atom stereocenters. The molecule has 0 aromatic carbocycles. The lowest BCUT2D eigenvalue weighted by Crippen LogP contribution is -2.29. The summed E-state index contributed by atoms with van der Waals surface area (Å²) in [5.41, 5.74) is 0. The van der Waals surface area contributed by atoms with Gasteiger partial charge < -0.3 is 14.6 Å². The molecule has 16 heavy (non-hydrogen) atoms. The number of ether oxygens (including phenoxy) is 2. The average molecular weight is 228 g/mol. The van der Waals surface area contributed by atoms with E-state index in [0.29, 0.717) is 6.42 Å². The van der Waals surface area contributed by atoms with Gasteiger partial charge in [0.2, 0.25) is 0 Å². The van der Waals surface area contributed by atoms with E-state index in [9.17, 15) is 5.11 Å². The molecule has 3 heteroatoms. The van der Waals surface area contributed by atoms with Crippen LogP contribution in [0.15, 0.2) is 0 Å². The van der Waals surface area contributed by atoms with Gasteiger partial charge in [0.25, 0.3) is 0 Å². The Bertz CT molecular complexity index is 186. The van der Waals surface area contributed by atoms with Gasteiger partial charge in [-0.05, 0) is 6.42 Å². The first-order valence-electron chi connectivity index (χ1n) is 5.98. The van der Waals surface area contributed by atoms with Crippen molar-refractivity contribution in [2.24, 2.45) is 0 Å². The Labute approximate surface area is 99.1 Å². The number of hydrogen-bond acceptors (Lipinski definition) is 3. The van der Waals surface area contributed by atoms with Crippen molar-refractivity contribution in [3.63, 3.8) is 0 Å². The van der Waals surface area contributed by atoms with Crippen molar-refractivity contribution in [2.45, 2.75) is 57.7 Å². The van der Waals surface area contributed by atoms with Gasteiger partial charge in [0.15, 0.2) is 0 Å². The molecule has 0 radical (unpaired) electrons. The second-order valence-electron chi connectivity index (χ2n) is 3.94. The fraction of sp³-hybridized carbons (Fsp3) is 0.846. The first-order valence-corrected chi connectivity index (χ1v) is 5.98. The van der Waals surface area contributed by atoms with Crippen LogP contribution in [0.25, 0.3) is 0 Å². The van der Waals surface area contributed by atoms with Crippen molar-refractivity contribution in [1.82, 2.24) is 0 Å². The van der Waals surface area contributed by atoms with Crippen LogP contribution < -0.4 is 0 Å². The molecular formula is C13H24O3. The average Bonchev–Trinajstić information content (AvgIpc) is 2.28. The predicted molar refractivity (Wildman–Crippen MR) is 65.0 cm³/mol. The molecule has 0 aliphatic heterocycles. The fourth-order valence-electron chi connectivity index (χ4n) is 1.57. The molecule has 0 spiro atoms. The first-order chi connectivity index (χ1) is 7.76. The summed E-state index contributed by atoms with van der Waals surface area (Å²) in [5.74, 6) is 2.46. The summed E-state index contributed by atoms with van der Waals surface area (Å²) in [6, 6.07) is 0. The van der Waals surface area contributed by atoms with Crippen LogP contribution >= 0.6 is 0 Å². The zero-order valence-corrected chi connectivity index (χ0v) is 10.4. The zero-order chi connectivity index (χ0) is 12.2. The topological polar surface area (TPSA) is 38.7 Å². The number of hydrogen-bond donors (Lipinski definition) is 1. The monoisotopic (exact) mass is 228 g/mol. The highest BCUT2D eigenvalue weighted by Gasteiger charge is 2.18. The van der Waals surface area contributed by atoms with E-state index in [0.717, 1.165) is 12.8 Å². The van der Waals surface area contributed by atoms with E-state index in [2.05, 4.69) is 12.8 Å². The van der Waals surface area contributed by atoms with Crippen molar-refractivity contribution in [3.05, 3.63) is 0 Å². The highest BCUT2D eigenvalue weighted by atomic mass is 16.7. The van der Waals surface area contributed by atoms with Gasteiger partial charge in [-0.25, -0.2) is 0 Å². The van der Waals surface area contributed by atoms with Crippen molar-refractivity contribution in [1.29, 1.82) is 0 Å². The minimum Gasteiger partial charge on any atom is -0.389 e. The third kappa shape index (κ3) is 7.70. The minimum atomic E-state index is -0.582. The van der Waals surface area contributed by atoms with Crippen LogP contribution in [-0.2, 0) is 9.47 Å². The van der Waals surface area contributed by atoms with E-state index < -0.39 is 6.10 Å². The largest absolute Gasteiger partial charge is 0.389 e. The highest BCUT2D eigenvalue weighted by Crippen LogP contribution is 2.13. The second kappa shape index (κ2) is 10.9. The molecule has 0 aromatic heterocycles. The lowest BCUT2D eigenvalue weighted by Gasteiger charge is -2.21. The summed E-state index contributed by atoms with van der Waals surface area (Å²) >= 11 is 0. The van der Waals surface area contributed by atoms with E-state index in [1.807, 2.05) is 0 Å². The maximum Gasteiger partial charge on any atom is 0.146 e. The van der Waals surface area contributed by atoms with E-state index in [1.54, 1.807) is 7.11 Å². The molecule has 0 fully saturated rings. The maximum atomic E-state index is 9.77. The molecule has 0 aliphatic carbocycles. The van der Waals surface area contributed by atoms with E-state index in [4.69, 9.17) is 15.9 Å². The van der Waals surface area contributed by atoms with Crippen molar-refractivity contribution in [3.8, 4) is 12.3 Å². The molecule has 0 saturated heterocycles. The molecule has 0 aromatic rings. The molecular weight excluding hydrogens is 204 g/mol. The maximum absolute atomic E-state index is 9.77. The lowest BCUT2D eigenvalue weighted by atomic mass is 10.0. The van der Waals surface area contributed by atoms with Crippen LogP contribution in [0, 0.1) is 12.3 Å². The number of terminal acetylenes is 1. The zero-order valence-electron chi connectivity index (χ0n) is 10.4. The number of aliphatic hydroxyl groups excluding tert-OH is 1. The number of methoxy groups -OCH3 is 1. The summed E-state index contributed by atoms with van der Waals surface area (Å²) in [6.45, 7) is 2.38. The predicted octanol–water partition coefficient (Wildman–Crippen LogP) is 2.33. The molecule has 0 heterocycles. The Balaban J connectivity index is 3.85. The summed E-state index contributed by atoms with van der Waals surface area (Å²) < 4.78 is 10.3. The van der Waals surface area contributed by atoms with Gasteiger partial charge in [-0.15, -0.1) is 12.3 Å². The van der Waals surface area contributed by atoms with Crippen molar-refractivity contribution in [2.75, 3.05) is 13.9 Å². The van der Waals surface area contributed by atoms with E-state index in [1.165, 1.54) is 19.3 Å². The lowest BCUT2D eigenvalue weighted by molar-refractivity contribution is -0.114. The smallest absolute Gasteiger partial charge is 0.146 e. The van der Waals surface area contributed by atoms with Gasteiger partial charge >= 0.3 is 0 Å². The van der Waals surface area contributed by atoms with Crippen LogP contribution in [0.2, 0.25) is 0 Å². The molecule has 0 rings (SSSR count).